The van der Waals surface area contributed by atoms with Gasteiger partial charge in [-0.3, -0.25) is 4.79 Å². The molecule has 0 unspecified atom stereocenters. The summed E-state index contributed by atoms with van der Waals surface area (Å²) in [5.74, 6) is -0.689. The normalized spacial score (nSPS) is 11.0. The molecule has 6 nitrogen and oxygen atoms in total. The maximum absolute atomic E-state index is 12.5. The fourth-order valence-corrected chi connectivity index (χ4v) is 3.30. The summed E-state index contributed by atoms with van der Waals surface area (Å²) in [6.07, 6.45) is 0. The summed E-state index contributed by atoms with van der Waals surface area (Å²) in [6.45, 7) is 8.72. The van der Waals surface area contributed by atoms with Gasteiger partial charge in [0.05, 0.1) is 0 Å². The Morgan fingerprint density at radius 3 is 2.37 bits per heavy atom. The van der Waals surface area contributed by atoms with Crippen LogP contribution in [0.2, 0.25) is 0 Å². The first-order valence-electron chi connectivity index (χ1n) is 8.60. The van der Waals surface area contributed by atoms with Gasteiger partial charge < -0.3 is 14.1 Å². The topological polar surface area (TPSA) is 89.4 Å². The Morgan fingerprint density at radius 2 is 1.74 bits per heavy atom. The predicted molar refractivity (Wildman–Crippen MR) is 101 cm³/mol. The van der Waals surface area contributed by atoms with E-state index in [9.17, 15) is 14.4 Å². The molecule has 2 aromatic heterocycles. The highest BCUT2D eigenvalue weighted by molar-refractivity contribution is 6.01. The van der Waals surface area contributed by atoms with E-state index >= 15 is 0 Å². The molecule has 0 saturated carbocycles. The number of benzene rings is 1. The fraction of sp³-hybridized carbons (Fsp3) is 0.286. The Morgan fingerprint density at radius 1 is 1.07 bits per heavy atom. The van der Waals surface area contributed by atoms with Crippen molar-refractivity contribution < 1.29 is 18.7 Å². The van der Waals surface area contributed by atoms with Crippen LogP contribution in [0.3, 0.4) is 0 Å². The number of nitrogens with one attached hydrogen (secondary N) is 1. The monoisotopic (exact) mass is 367 g/mol. The first-order chi connectivity index (χ1) is 12.7. The minimum Gasteiger partial charge on any atom is -0.456 e. The molecule has 0 atom stereocenters. The van der Waals surface area contributed by atoms with Crippen molar-refractivity contribution in [3.05, 3.63) is 67.8 Å². The zero-order chi connectivity index (χ0) is 19.9. The van der Waals surface area contributed by atoms with Crippen LogP contribution in [-0.4, -0.2) is 16.7 Å². The number of H-pyrrole nitrogens is 1. The van der Waals surface area contributed by atoms with Crippen molar-refractivity contribution in [2.24, 2.45) is 0 Å². The van der Waals surface area contributed by atoms with Gasteiger partial charge in [-0.15, -0.1) is 0 Å². The van der Waals surface area contributed by atoms with Crippen LogP contribution >= 0.6 is 0 Å². The predicted octanol–water partition coefficient (Wildman–Crippen LogP) is 3.91. The third kappa shape index (κ3) is 3.43. The van der Waals surface area contributed by atoms with Crippen LogP contribution < -0.4 is 5.63 Å². The summed E-state index contributed by atoms with van der Waals surface area (Å²) < 4.78 is 10.7. The number of aryl methyl sites for hydroxylation is 3. The van der Waals surface area contributed by atoms with Crippen molar-refractivity contribution in [1.29, 1.82) is 0 Å². The maximum Gasteiger partial charge on any atom is 0.355 e. The summed E-state index contributed by atoms with van der Waals surface area (Å²) in [7, 11) is 0. The molecule has 6 heteroatoms. The van der Waals surface area contributed by atoms with Crippen molar-refractivity contribution in [3.63, 3.8) is 0 Å². The van der Waals surface area contributed by atoms with Crippen LogP contribution in [0.5, 0.6) is 0 Å². The molecule has 0 amide bonds. The van der Waals surface area contributed by atoms with Crippen molar-refractivity contribution in [1.82, 2.24) is 4.98 Å². The molecule has 0 aliphatic rings. The first kappa shape index (κ1) is 18.6. The Hall–Kier alpha value is -3.15. The van der Waals surface area contributed by atoms with Crippen LogP contribution in [0.25, 0.3) is 11.0 Å². The first-order valence-corrected chi connectivity index (χ1v) is 8.60. The number of carbonyl (C=O) groups excluding carboxylic acids is 2. The quantitative estimate of drug-likeness (QED) is 0.429. The van der Waals surface area contributed by atoms with E-state index in [1.165, 1.54) is 13.0 Å². The highest BCUT2D eigenvalue weighted by Gasteiger charge is 2.21. The van der Waals surface area contributed by atoms with Gasteiger partial charge in [0, 0.05) is 28.3 Å². The lowest BCUT2D eigenvalue weighted by Gasteiger charge is -2.09. The van der Waals surface area contributed by atoms with E-state index in [1.54, 1.807) is 19.9 Å². The van der Waals surface area contributed by atoms with E-state index in [2.05, 4.69) is 4.98 Å². The van der Waals surface area contributed by atoms with E-state index < -0.39 is 11.6 Å². The number of carbonyl (C=O) groups is 2. The summed E-state index contributed by atoms with van der Waals surface area (Å²) in [4.78, 5) is 39.0. The van der Waals surface area contributed by atoms with E-state index in [1.807, 2.05) is 19.9 Å². The molecule has 0 aliphatic carbocycles. The molecule has 3 aromatic rings. The van der Waals surface area contributed by atoms with Gasteiger partial charge in [0.1, 0.15) is 17.9 Å². The molecule has 27 heavy (non-hydrogen) atoms. The second-order valence-corrected chi connectivity index (χ2v) is 6.78. The molecule has 140 valence electrons. The number of fused-ring (bicyclic) bond motifs is 1. The fourth-order valence-electron chi connectivity index (χ4n) is 3.30. The van der Waals surface area contributed by atoms with Crippen LogP contribution in [0.15, 0.2) is 27.4 Å². The van der Waals surface area contributed by atoms with E-state index in [0.29, 0.717) is 28.0 Å². The zero-order valence-electron chi connectivity index (χ0n) is 16.0. The third-order valence-corrected chi connectivity index (χ3v) is 4.80. The standard InChI is InChI=1S/C21H21NO5/c1-10-6-16-15(8-18(24)27-17(16)7-11(10)2)9-26-21(25)20-12(3)19(14(5)23)13(4)22-20/h6-8,22H,9H2,1-5H3. The lowest BCUT2D eigenvalue weighted by Crippen LogP contribution is -2.10. The number of ether oxygens (including phenoxy) is 1. The highest BCUT2D eigenvalue weighted by atomic mass is 16.5. The number of hydrogen-bond donors (Lipinski definition) is 1. The number of ketones is 1. The lowest BCUT2D eigenvalue weighted by atomic mass is 10.0. The van der Waals surface area contributed by atoms with Gasteiger partial charge in [0.25, 0.3) is 0 Å². The van der Waals surface area contributed by atoms with Crippen LogP contribution in [-0.2, 0) is 11.3 Å². The Kier molecular flexibility index (Phi) is 4.74. The Bertz CT molecular complexity index is 1130. The van der Waals surface area contributed by atoms with Crippen LogP contribution in [0.1, 0.15) is 55.7 Å². The lowest BCUT2D eigenvalue weighted by molar-refractivity contribution is 0.0466. The van der Waals surface area contributed by atoms with Gasteiger partial charge in [-0.2, -0.15) is 0 Å². The van der Waals surface area contributed by atoms with Crippen LogP contribution in [0.4, 0.5) is 0 Å². The second-order valence-electron chi connectivity index (χ2n) is 6.78. The molecule has 0 saturated heterocycles. The number of hydrogen-bond acceptors (Lipinski definition) is 5. The van der Waals surface area contributed by atoms with Crippen molar-refractivity contribution in [2.75, 3.05) is 0 Å². The highest BCUT2D eigenvalue weighted by Crippen LogP contribution is 2.23. The minimum atomic E-state index is -0.576. The number of aromatic amines is 1. The summed E-state index contributed by atoms with van der Waals surface area (Å²) in [5, 5.41) is 0.731. The Labute approximate surface area is 156 Å². The van der Waals surface area contributed by atoms with E-state index in [4.69, 9.17) is 9.15 Å². The van der Waals surface area contributed by atoms with Gasteiger partial charge in [-0.1, -0.05) is 0 Å². The average Bonchev–Trinajstić information content (AvgIpc) is 2.88. The van der Waals surface area contributed by atoms with Crippen molar-refractivity contribution >= 4 is 22.7 Å². The third-order valence-electron chi connectivity index (χ3n) is 4.80. The number of aromatic nitrogens is 1. The molecule has 0 aliphatic heterocycles. The van der Waals surface area contributed by atoms with E-state index in [-0.39, 0.29) is 18.1 Å². The molecular weight excluding hydrogens is 346 g/mol. The van der Waals surface area contributed by atoms with Gasteiger partial charge in [0.15, 0.2) is 5.78 Å². The summed E-state index contributed by atoms with van der Waals surface area (Å²) in [5.41, 5.74) is 4.53. The molecular formula is C21H21NO5. The van der Waals surface area contributed by atoms with Gasteiger partial charge in [0.2, 0.25) is 0 Å². The van der Waals surface area contributed by atoms with E-state index in [0.717, 1.165) is 16.5 Å². The molecule has 0 spiro atoms. The van der Waals surface area contributed by atoms with Gasteiger partial charge in [-0.25, -0.2) is 9.59 Å². The Balaban J connectivity index is 1.92. The summed E-state index contributed by atoms with van der Waals surface area (Å²) >= 11 is 0. The van der Waals surface area contributed by atoms with Crippen LogP contribution in [0, 0.1) is 27.7 Å². The average molecular weight is 367 g/mol. The number of rotatable bonds is 4. The largest absolute Gasteiger partial charge is 0.456 e. The molecule has 2 heterocycles. The molecule has 1 aromatic carbocycles. The van der Waals surface area contributed by atoms with Gasteiger partial charge >= 0.3 is 11.6 Å². The number of Topliss-reactive ketones (excluding diaryl/α,β-unsaturated/α-hetero) is 1. The van der Waals surface area contributed by atoms with Crippen molar-refractivity contribution in [2.45, 2.75) is 41.2 Å². The molecule has 1 N–H and O–H groups in total. The second kappa shape index (κ2) is 6.87. The number of esters is 1. The minimum absolute atomic E-state index is 0.0731. The molecule has 0 bridgehead atoms. The summed E-state index contributed by atoms with van der Waals surface area (Å²) in [6, 6.07) is 5.04. The van der Waals surface area contributed by atoms with Gasteiger partial charge in [-0.05, 0) is 63.4 Å². The molecule has 0 fully saturated rings. The SMILES string of the molecule is CC(=O)c1c(C)[nH]c(C(=O)OCc2cc(=O)oc3cc(C)c(C)cc23)c1C. The van der Waals surface area contributed by atoms with Crippen molar-refractivity contribution in [3.8, 4) is 0 Å². The zero-order valence-corrected chi connectivity index (χ0v) is 16.0. The molecule has 3 rings (SSSR count). The smallest absolute Gasteiger partial charge is 0.355 e. The maximum atomic E-state index is 12.5. The molecule has 0 radical (unpaired) electrons.